The van der Waals surface area contributed by atoms with Gasteiger partial charge >= 0.3 is 11.9 Å². The summed E-state index contributed by atoms with van der Waals surface area (Å²) in [5.74, 6) is -0.988. The molecule has 0 unspecified atom stereocenters. The molecule has 2 aromatic carbocycles. The molecule has 2 heterocycles. The Morgan fingerprint density at radius 3 is 2.34 bits per heavy atom. The van der Waals surface area contributed by atoms with Crippen LogP contribution in [0.3, 0.4) is 0 Å². The number of aliphatic hydroxyl groups is 1. The molecule has 1 saturated heterocycles. The average Bonchev–Trinajstić information content (AvgIpc) is 3.05. The van der Waals surface area contributed by atoms with Crippen LogP contribution >= 0.6 is 0 Å². The smallest absolute Gasteiger partial charge is 0.396 e. The number of morpholine rings is 1. The summed E-state index contributed by atoms with van der Waals surface area (Å²) in [6.07, 6.45) is -0.276. The first-order chi connectivity index (χ1) is 14.1. The van der Waals surface area contributed by atoms with Crippen molar-refractivity contribution in [2.45, 2.75) is 25.5 Å². The van der Waals surface area contributed by atoms with E-state index in [0.29, 0.717) is 13.0 Å². The van der Waals surface area contributed by atoms with E-state index in [1.165, 1.54) is 0 Å². The van der Waals surface area contributed by atoms with Gasteiger partial charge in [0.2, 0.25) is 0 Å². The molecule has 2 aromatic rings. The molecule has 4 rings (SSSR count). The van der Waals surface area contributed by atoms with Crippen molar-refractivity contribution in [2.75, 3.05) is 19.7 Å². The Morgan fingerprint density at radius 2 is 1.72 bits per heavy atom. The van der Waals surface area contributed by atoms with Crippen molar-refractivity contribution < 1.29 is 28.7 Å². The third-order valence-electron chi connectivity index (χ3n) is 5.69. The second-order valence-corrected chi connectivity index (χ2v) is 7.36. The van der Waals surface area contributed by atoms with E-state index in [-0.39, 0.29) is 35.1 Å². The van der Waals surface area contributed by atoms with E-state index in [0.717, 1.165) is 11.1 Å². The maximum Gasteiger partial charge on any atom is 0.396 e. The van der Waals surface area contributed by atoms with Gasteiger partial charge in [-0.2, -0.15) is 0 Å². The first kappa shape index (κ1) is 19.2. The number of esters is 2. The number of benzene rings is 2. The number of aliphatic hydroxyl groups excluding tert-OH is 1. The minimum absolute atomic E-state index is 0.00702. The van der Waals surface area contributed by atoms with Crippen LogP contribution in [0, 0.1) is 0 Å². The van der Waals surface area contributed by atoms with Crippen LogP contribution in [0.1, 0.15) is 36.6 Å². The van der Waals surface area contributed by atoms with Crippen molar-refractivity contribution in [1.29, 1.82) is 0 Å². The average molecular weight is 394 g/mol. The highest BCUT2D eigenvalue weighted by molar-refractivity contribution is 5.88. The van der Waals surface area contributed by atoms with E-state index < -0.39 is 18.0 Å². The van der Waals surface area contributed by atoms with Crippen molar-refractivity contribution in [3.8, 4) is 0 Å². The third kappa shape index (κ3) is 3.29. The predicted octanol–water partition coefficient (Wildman–Crippen LogP) is 3.58. The minimum Gasteiger partial charge on any atom is -0.506 e. The summed E-state index contributed by atoms with van der Waals surface area (Å²) >= 11 is 0. The molecule has 1 spiro atoms. The summed E-state index contributed by atoms with van der Waals surface area (Å²) < 4.78 is 11.1. The molecule has 1 fully saturated rings. The second kappa shape index (κ2) is 7.72. The lowest BCUT2D eigenvalue weighted by molar-refractivity contribution is -0.917. The van der Waals surface area contributed by atoms with E-state index >= 15 is 0 Å². The lowest BCUT2D eigenvalue weighted by Gasteiger charge is -2.47. The fourth-order valence-electron chi connectivity index (χ4n) is 4.56. The van der Waals surface area contributed by atoms with Gasteiger partial charge in [0.15, 0.2) is 24.4 Å². The normalized spacial score (nSPS) is 26.4. The zero-order valence-electron chi connectivity index (χ0n) is 16.3. The molecule has 2 aliphatic rings. The molecule has 0 amide bonds. The van der Waals surface area contributed by atoms with Gasteiger partial charge in [-0.15, -0.1) is 0 Å². The van der Waals surface area contributed by atoms with Crippen LogP contribution in [0.4, 0.5) is 0 Å². The topological polar surface area (TPSA) is 72.8 Å². The van der Waals surface area contributed by atoms with Crippen LogP contribution in [-0.4, -0.2) is 41.2 Å². The molecule has 6 heteroatoms. The number of ether oxygens (including phenoxy) is 2. The molecular formula is C23H24NO5+. The molecule has 29 heavy (non-hydrogen) atoms. The Bertz CT molecular complexity index is 940. The van der Waals surface area contributed by atoms with E-state index in [1.54, 1.807) is 6.92 Å². The fraction of sp³-hybridized carbons (Fsp3) is 0.304. The quantitative estimate of drug-likeness (QED) is 0.634. The zero-order chi connectivity index (χ0) is 20.4. The standard InChI is InChI=1S/C23H23NO5/c1-2-28-23(27)21-18(25)13-14-24(21)15-19(26)29-22(17-11-7-4-8-12-17)20(24)16-9-5-3-6-10-16/h3-12,20,22H,2,13-15H2,1H3/p+1/t20-,22+,24-/m0/s1. The summed E-state index contributed by atoms with van der Waals surface area (Å²) in [5, 5.41) is 10.6. The van der Waals surface area contributed by atoms with Crippen molar-refractivity contribution in [2.24, 2.45) is 0 Å². The highest BCUT2D eigenvalue weighted by Crippen LogP contribution is 2.50. The van der Waals surface area contributed by atoms with Crippen LogP contribution in [0.25, 0.3) is 0 Å². The predicted molar refractivity (Wildman–Crippen MR) is 105 cm³/mol. The SMILES string of the molecule is CCOC(=O)C1=C(O)CC[N@@+]12CC(=O)O[C@H](c1ccccc1)[C@@H]2c1ccccc1. The molecule has 0 radical (unpaired) electrons. The number of nitrogens with zero attached hydrogens (tertiary/aromatic N) is 1. The molecule has 2 aliphatic heterocycles. The van der Waals surface area contributed by atoms with Gasteiger partial charge < -0.3 is 14.6 Å². The molecule has 3 atom stereocenters. The number of hydrogen-bond acceptors (Lipinski definition) is 5. The Hall–Kier alpha value is -3.12. The number of rotatable bonds is 4. The van der Waals surface area contributed by atoms with Crippen LogP contribution in [0.5, 0.6) is 0 Å². The molecule has 6 nitrogen and oxygen atoms in total. The Morgan fingerprint density at radius 1 is 1.10 bits per heavy atom. The first-order valence-electron chi connectivity index (χ1n) is 9.83. The maximum absolute atomic E-state index is 12.8. The molecular weight excluding hydrogens is 370 g/mol. The highest BCUT2D eigenvalue weighted by Gasteiger charge is 2.59. The number of carbonyl (C=O) groups excluding carboxylic acids is 2. The number of hydrogen-bond donors (Lipinski definition) is 1. The molecule has 1 N–H and O–H groups in total. The Balaban J connectivity index is 1.91. The molecule has 150 valence electrons. The van der Waals surface area contributed by atoms with Gasteiger partial charge in [-0.05, 0) is 12.5 Å². The van der Waals surface area contributed by atoms with Gasteiger partial charge in [0.1, 0.15) is 0 Å². The lowest BCUT2D eigenvalue weighted by Crippen LogP contribution is -2.58. The number of quaternary nitrogens is 1. The van der Waals surface area contributed by atoms with Crippen molar-refractivity contribution in [3.05, 3.63) is 83.2 Å². The molecule has 0 aromatic heterocycles. The Labute approximate surface area is 169 Å². The second-order valence-electron chi connectivity index (χ2n) is 7.36. The summed E-state index contributed by atoms with van der Waals surface area (Å²) in [6, 6.07) is 18.9. The highest BCUT2D eigenvalue weighted by atomic mass is 16.6. The summed E-state index contributed by atoms with van der Waals surface area (Å²) in [5.41, 5.74) is 1.95. The number of carbonyl (C=O) groups is 2. The fourth-order valence-corrected chi connectivity index (χ4v) is 4.56. The first-order valence-corrected chi connectivity index (χ1v) is 9.83. The monoisotopic (exact) mass is 394 g/mol. The van der Waals surface area contributed by atoms with Crippen molar-refractivity contribution in [3.63, 3.8) is 0 Å². The molecule has 0 aliphatic carbocycles. The van der Waals surface area contributed by atoms with E-state index in [1.807, 2.05) is 60.7 Å². The van der Waals surface area contributed by atoms with Gasteiger partial charge in [0.25, 0.3) is 5.70 Å². The maximum atomic E-state index is 12.8. The van der Waals surface area contributed by atoms with Crippen LogP contribution in [-0.2, 0) is 19.1 Å². The lowest BCUT2D eigenvalue weighted by atomic mass is 9.90. The largest absolute Gasteiger partial charge is 0.506 e. The van der Waals surface area contributed by atoms with Crippen LogP contribution < -0.4 is 0 Å². The Kier molecular flexibility index (Phi) is 5.11. The summed E-state index contributed by atoms with van der Waals surface area (Å²) in [7, 11) is 0. The summed E-state index contributed by atoms with van der Waals surface area (Å²) in [4.78, 5) is 25.6. The van der Waals surface area contributed by atoms with Gasteiger partial charge in [-0.25, -0.2) is 9.59 Å². The molecule has 0 saturated carbocycles. The summed E-state index contributed by atoms with van der Waals surface area (Å²) in [6.45, 7) is 2.32. The third-order valence-corrected chi connectivity index (χ3v) is 5.69. The van der Waals surface area contributed by atoms with Gasteiger partial charge in [-0.1, -0.05) is 60.7 Å². The van der Waals surface area contributed by atoms with Crippen molar-refractivity contribution >= 4 is 11.9 Å². The number of cyclic esters (lactones) is 1. The van der Waals surface area contributed by atoms with Gasteiger partial charge in [0.05, 0.1) is 19.6 Å². The van der Waals surface area contributed by atoms with E-state index in [2.05, 4.69) is 0 Å². The van der Waals surface area contributed by atoms with Crippen LogP contribution in [0.2, 0.25) is 0 Å². The van der Waals surface area contributed by atoms with Crippen LogP contribution in [0.15, 0.2) is 72.1 Å². The molecule has 0 bridgehead atoms. The van der Waals surface area contributed by atoms with Crippen molar-refractivity contribution in [1.82, 2.24) is 0 Å². The van der Waals surface area contributed by atoms with E-state index in [4.69, 9.17) is 9.47 Å². The van der Waals surface area contributed by atoms with Gasteiger partial charge in [0, 0.05) is 5.56 Å². The minimum atomic E-state index is -0.588. The van der Waals surface area contributed by atoms with Gasteiger partial charge in [-0.3, -0.25) is 4.48 Å². The zero-order valence-corrected chi connectivity index (χ0v) is 16.3. The van der Waals surface area contributed by atoms with E-state index in [9.17, 15) is 14.7 Å².